The van der Waals surface area contributed by atoms with Crippen molar-refractivity contribution in [1.29, 1.82) is 0 Å². The van der Waals surface area contributed by atoms with E-state index in [4.69, 9.17) is 9.47 Å². The highest BCUT2D eigenvalue weighted by atomic mass is 19.1. The summed E-state index contributed by atoms with van der Waals surface area (Å²) in [4.78, 5) is 18.1. The molecule has 0 radical (unpaired) electrons. The Morgan fingerprint density at radius 3 is 2.76 bits per heavy atom. The zero-order valence-corrected chi connectivity index (χ0v) is 14.8. The van der Waals surface area contributed by atoms with E-state index in [1.807, 2.05) is 4.90 Å². The molecule has 1 saturated heterocycles. The first kappa shape index (κ1) is 18.1. The summed E-state index contributed by atoms with van der Waals surface area (Å²) in [6.45, 7) is 3.59. The number of piperidine rings is 1. The number of ether oxygens (including phenoxy) is 2. The van der Waals surface area contributed by atoms with Gasteiger partial charge in [-0.1, -0.05) is 19.8 Å². The van der Waals surface area contributed by atoms with Crippen LogP contribution in [0.25, 0.3) is 0 Å². The minimum Gasteiger partial charge on any atom is -0.472 e. The first-order chi connectivity index (χ1) is 12.1. The third kappa shape index (κ3) is 4.91. The lowest BCUT2D eigenvalue weighted by Gasteiger charge is -2.33. The number of rotatable bonds is 5. The van der Waals surface area contributed by atoms with Crippen molar-refractivity contribution in [2.45, 2.75) is 57.7 Å². The molecule has 2 unspecified atom stereocenters. The molecule has 1 aromatic heterocycles. The number of hydrogen-bond acceptors (Lipinski definition) is 4. The summed E-state index contributed by atoms with van der Waals surface area (Å²) in [6.07, 6.45) is 7.68. The van der Waals surface area contributed by atoms with E-state index in [0.717, 1.165) is 6.42 Å². The quantitative estimate of drug-likeness (QED) is 0.818. The van der Waals surface area contributed by atoms with Gasteiger partial charge in [-0.05, 0) is 30.9 Å². The van der Waals surface area contributed by atoms with E-state index >= 15 is 0 Å². The number of amides is 1. The molecule has 6 heteroatoms. The van der Waals surface area contributed by atoms with E-state index in [-0.39, 0.29) is 30.6 Å². The lowest BCUT2D eigenvalue weighted by atomic mass is 9.88. The van der Waals surface area contributed by atoms with Crippen LogP contribution in [-0.2, 0) is 9.53 Å². The molecule has 3 rings (SSSR count). The normalized spacial score (nSPS) is 25.0. The van der Waals surface area contributed by atoms with Crippen molar-refractivity contribution in [3.05, 3.63) is 24.1 Å². The Kier molecular flexibility index (Phi) is 6.24. The van der Waals surface area contributed by atoms with Crippen LogP contribution in [0.15, 0.2) is 18.3 Å². The van der Waals surface area contributed by atoms with E-state index in [1.165, 1.54) is 37.6 Å². The second-order valence-electron chi connectivity index (χ2n) is 7.10. The topological polar surface area (TPSA) is 51.7 Å². The number of carbonyl (C=O) groups is 1. The van der Waals surface area contributed by atoms with Crippen molar-refractivity contribution in [1.82, 2.24) is 9.88 Å². The molecule has 1 aliphatic heterocycles. The molecule has 0 N–H and O–H groups in total. The fourth-order valence-corrected chi connectivity index (χ4v) is 3.64. The molecule has 138 valence electrons. The third-order valence-electron chi connectivity index (χ3n) is 5.25. The van der Waals surface area contributed by atoms with Crippen molar-refractivity contribution >= 4 is 5.91 Å². The second kappa shape index (κ2) is 8.61. The summed E-state index contributed by atoms with van der Waals surface area (Å²) in [5.74, 6) is 0.173. The molecular formula is C19H27FN2O3. The Bertz CT molecular complexity index is 576. The first-order valence-corrected chi connectivity index (χ1v) is 9.30. The number of carbonyl (C=O) groups excluding carboxylic acids is 1. The summed E-state index contributed by atoms with van der Waals surface area (Å²) in [7, 11) is 0. The number of nitrogens with zero attached hydrogens (tertiary/aromatic N) is 2. The number of pyridine rings is 1. The van der Waals surface area contributed by atoms with Gasteiger partial charge in [0.2, 0.25) is 5.91 Å². The Labute approximate surface area is 148 Å². The van der Waals surface area contributed by atoms with Crippen LogP contribution in [0.2, 0.25) is 0 Å². The Hall–Kier alpha value is -1.69. The number of aromatic nitrogens is 1. The smallest absolute Gasteiger partial charge is 0.250 e. The molecule has 2 fully saturated rings. The van der Waals surface area contributed by atoms with Gasteiger partial charge in [0, 0.05) is 32.1 Å². The van der Waals surface area contributed by atoms with Crippen LogP contribution < -0.4 is 4.74 Å². The summed E-state index contributed by atoms with van der Waals surface area (Å²) < 4.78 is 25.1. The van der Waals surface area contributed by atoms with Crippen LogP contribution in [0, 0.1) is 11.7 Å². The summed E-state index contributed by atoms with van der Waals surface area (Å²) >= 11 is 0. The van der Waals surface area contributed by atoms with Gasteiger partial charge in [-0.15, -0.1) is 0 Å². The zero-order chi connectivity index (χ0) is 17.6. The van der Waals surface area contributed by atoms with Crippen LogP contribution in [0.5, 0.6) is 5.88 Å². The standard InChI is InChI=1S/C19H27FN2O3/c1-14-5-2-3-7-17(14)24-13-18(23)22-11-8-15(9-12-22)25-19-16(20)6-4-10-21-19/h4,6,10,14-15,17H,2-3,5,7-9,11-13H2,1H3. The van der Waals surface area contributed by atoms with Gasteiger partial charge in [-0.25, -0.2) is 9.37 Å². The van der Waals surface area contributed by atoms with Crippen LogP contribution >= 0.6 is 0 Å². The minimum absolute atomic E-state index is 0.0419. The monoisotopic (exact) mass is 350 g/mol. The average Bonchev–Trinajstić information content (AvgIpc) is 2.63. The van der Waals surface area contributed by atoms with E-state index in [1.54, 1.807) is 0 Å². The van der Waals surface area contributed by atoms with Crippen molar-refractivity contribution in [2.75, 3.05) is 19.7 Å². The van der Waals surface area contributed by atoms with E-state index in [2.05, 4.69) is 11.9 Å². The molecule has 25 heavy (non-hydrogen) atoms. The first-order valence-electron chi connectivity index (χ1n) is 9.30. The Morgan fingerprint density at radius 2 is 2.04 bits per heavy atom. The minimum atomic E-state index is -0.448. The maximum atomic E-state index is 13.6. The molecule has 1 amide bonds. The van der Waals surface area contributed by atoms with Gasteiger partial charge < -0.3 is 14.4 Å². The highest BCUT2D eigenvalue weighted by Gasteiger charge is 2.27. The molecule has 0 bridgehead atoms. The van der Waals surface area contributed by atoms with Gasteiger partial charge in [0.25, 0.3) is 5.88 Å². The van der Waals surface area contributed by atoms with E-state index in [9.17, 15) is 9.18 Å². The predicted molar refractivity (Wildman–Crippen MR) is 91.8 cm³/mol. The Morgan fingerprint density at radius 1 is 1.28 bits per heavy atom. The van der Waals surface area contributed by atoms with Crippen molar-refractivity contribution < 1.29 is 18.7 Å². The Balaban J connectivity index is 1.41. The molecule has 2 aliphatic rings. The number of likely N-dealkylation sites (tertiary alicyclic amines) is 1. The van der Waals surface area contributed by atoms with Crippen molar-refractivity contribution in [2.24, 2.45) is 5.92 Å². The fraction of sp³-hybridized carbons (Fsp3) is 0.684. The highest BCUT2D eigenvalue weighted by Crippen LogP contribution is 2.26. The third-order valence-corrected chi connectivity index (χ3v) is 5.25. The van der Waals surface area contributed by atoms with Crippen LogP contribution in [0.4, 0.5) is 4.39 Å². The molecule has 1 aliphatic carbocycles. The molecule has 0 aromatic carbocycles. The van der Waals surface area contributed by atoms with Crippen LogP contribution in [-0.4, -0.2) is 47.7 Å². The van der Waals surface area contributed by atoms with Gasteiger partial charge in [-0.2, -0.15) is 0 Å². The predicted octanol–water partition coefficient (Wildman–Crippen LogP) is 3.19. The highest BCUT2D eigenvalue weighted by molar-refractivity contribution is 5.77. The summed E-state index contributed by atoms with van der Waals surface area (Å²) in [5, 5.41) is 0. The van der Waals surface area contributed by atoms with Gasteiger partial charge in [0.15, 0.2) is 5.82 Å². The number of hydrogen-bond donors (Lipinski definition) is 0. The lowest BCUT2D eigenvalue weighted by molar-refractivity contribution is -0.141. The largest absolute Gasteiger partial charge is 0.472 e. The van der Waals surface area contributed by atoms with Crippen LogP contribution in [0.1, 0.15) is 45.4 Å². The summed E-state index contributed by atoms with van der Waals surface area (Å²) in [5.41, 5.74) is 0. The second-order valence-corrected chi connectivity index (χ2v) is 7.10. The molecular weight excluding hydrogens is 323 g/mol. The van der Waals surface area contributed by atoms with Gasteiger partial charge in [0.1, 0.15) is 12.7 Å². The van der Waals surface area contributed by atoms with E-state index in [0.29, 0.717) is 31.8 Å². The molecule has 2 heterocycles. The van der Waals surface area contributed by atoms with Crippen molar-refractivity contribution in [3.63, 3.8) is 0 Å². The molecule has 2 atom stereocenters. The van der Waals surface area contributed by atoms with Gasteiger partial charge in [0.05, 0.1) is 6.10 Å². The summed E-state index contributed by atoms with van der Waals surface area (Å²) in [6, 6.07) is 2.88. The number of halogens is 1. The average molecular weight is 350 g/mol. The van der Waals surface area contributed by atoms with Crippen LogP contribution in [0.3, 0.4) is 0 Å². The van der Waals surface area contributed by atoms with Gasteiger partial charge in [-0.3, -0.25) is 4.79 Å². The molecule has 1 aromatic rings. The maximum Gasteiger partial charge on any atom is 0.250 e. The lowest BCUT2D eigenvalue weighted by Crippen LogP contribution is -2.44. The molecule has 5 nitrogen and oxygen atoms in total. The van der Waals surface area contributed by atoms with Crippen molar-refractivity contribution in [3.8, 4) is 5.88 Å². The van der Waals surface area contributed by atoms with Gasteiger partial charge >= 0.3 is 0 Å². The SMILES string of the molecule is CC1CCCCC1OCC(=O)N1CCC(Oc2ncccc2F)CC1. The van der Waals surface area contributed by atoms with E-state index < -0.39 is 5.82 Å². The maximum absolute atomic E-state index is 13.6. The molecule has 1 saturated carbocycles. The zero-order valence-electron chi connectivity index (χ0n) is 14.8. The fourth-order valence-electron chi connectivity index (χ4n) is 3.64. The molecule has 0 spiro atoms.